The first kappa shape index (κ1) is 20.9. The molecule has 0 N–H and O–H groups in total. The van der Waals surface area contributed by atoms with E-state index in [0.29, 0.717) is 26.3 Å². The molecule has 1 saturated carbocycles. The summed E-state index contributed by atoms with van der Waals surface area (Å²) in [5.41, 5.74) is 2.48. The second-order valence-corrected chi connectivity index (χ2v) is 9.14. The molecule has 0 spiro atoms. The van der Waals surface area contributed by atoms with Gasteiger partial charge >= 0.3 is 0 Å². The summed E-state index contributed by atoms with van der Waals surface area (Å²) in [6.45, 7) is 6.20. The van der Waals surface area contributed by atoms with E-state index in [1.54, 1.807) is 0 Å². The van der Waals surface area contributed by atoms with E-state index in [2.05, 4.69) is 4.90 Å². The van der Waals surface area contributed by atoms with Crippen LogP contribution in [-0.2, 0) is 9.47 Å². The Kier molecular flexibility index (Phi) is 6.48. The zero-order valence-corrected chi connectivity index (χ0v) is 18.3. The van der Waals surface area contributed by atoms with Crippen LogP contribution in [0, 0.1) is 5.92 Å². The van der Waals surface area contributed by atoms with Crippen molar-refractivity contribution in [3.05, 3.63) is 41.6 Å². The van der Waals surface area contributed by atoms with Gasteiger partial charge in [-0.1, -0.05) is 37.5 Å². The normalized spacial score (nSPS) is 23.9. The summed E-state index contributed by atoms with van der Waals surface area (Å²) in [4.78, 5) is 22.7. The average molecular weight is 424 g/mol. The van der Waals surface area contributed by atoms with E-state index < -0.39 is 0 Å². The molecule has 2 aromatic rings. The number of morpholine rings is 2. The van der Waals surface area contributed by atoms with E-state index in [-0.39, 0.29) is 12.0 Å². The summed E-state index contributed by atoms with van der Waals surface area (Å²) in [5.74, 6) is 0.883. The third-order valence-corrected chi connectivity index (χ3v) is 6.99. The topological polar surface area (TPSA) is 54.9 Å². The highest BCUT2D eigenvalue weighted by molar-refractivity contribution is 6.06. The number of amides is 1. The van der Waals surface area contributed by atoms with E-state index >= 15 is 0 Å². The van der Waals surface area contributed by atoms with Gasteiger partial charge < -0.3 is 14.4 Å². The van der Waals surface area contributed by atoms with Crippen LogP contribution in [0.25, 0.3) is 10.9 Å². The predicted molar refractivity (Wildman–Crippen MR) is 120 cm³/mol. The van der Waals surface area contributed by atoms with Crippen LogP contribution >= 0.6 is 0 Å². The molecule has 3 heterocycles. The second-order valence-electron chi connectivity index (χ2n) is 9.14. The van der Waals surface area contributed by atoms with Gasteiger partial charge in [0.05, 0.1) is 36.6 Å². The first-order valence-electron chi connectivity index (χ1n) is 11.9. The van der Waals surface area contributed by atoms with Crippen LogP contribution in [0.3, 0.4) is 0 Å². The van der Waals surface area contributed by atoms with Crippen LogP contribution in [0.5, 0.6) is 0 Å². The Morgan fingerprint density at radius 2 is 1.84 bits per heavy atom. The van der Waals surface area contributed by atoms with E-state index in [1.165, 1.54) is 32.1 Å². The number of nitrogens with zero attached hydrogens (tertiary/aromatic N) is 3. The second kappa shape index (κ2) is 9.63. The first-order valence-corrected chi connectivity index (χ1v) is 11.9. The first-order chi connectivity index (χ1) is 15.3. The Balaban J connectivity index is 1.39. The van der Waals surface area contributed by atoms with Crippen LogP contribution in [0.4, 0.5) is 0 Å². The molecule has 31 heavy (non-hydrogen) atoms. The van der Waals surface area contributed by atoms with Gasteiger partial charge in [0.1, 0.15) is 6.10 Å². The van der Waals surface area contributed by atoms with E-state index in [0.717, 1.165) is 54.3 Å². The summed E-state index contributed by atoms with van der Waals surface area (Å²) in [6, 6.07) is 9.94. The van der Waals surface area contributed by atoms with Crippen LogP contribution in [0.2, 0.25) is 0 Å². The molecule has 1 aliphatic carbocycles. The number of benzene rings is 1. The number of rotatable bonds is 4. The van der Waals surface area contributed by atoms with E-state index in [1.807, 2.05) is 35.2 Å². The largest absolute Gasteiger partial charge is 0.378 e. The smallest absolute Gasteiger partial charge is 0.254 e. The maximum Gasteiger partial charge on any atom is 0.254 e. The molecule has 166 valence electrons. The van der Waals surface area contributed by atoms with Gasteiger partial charge in [-0.25, -0.2) is 4.98 Å². The number of para-hydroxylation sites is 1. The molecule has 1 aromatic carbocycles. The number of carbonyl (C=O) groups excluding carboxylic acids is 1. The highest BCUT2D eigenvalue weighted by Gasteiger charge is 2.28. The van der Waals surface area contributed by atoms with Crippen LogP contribution in [-0.4, -0.2) is 73.2 Å². The Hall–Kier alpha value is -2.02. The van der Waals surface area contributed by atoms with Crippen LogP contribution in [0.15, 0.2) is 30.3 Å². The van der Waals surface area contributed by atoms with Crippen molar-refractivity contribution in [3.63, 3.8) is 0 Å². The minimum Gasteiger partial charge on any atom is -0.378 e. The van der Waals surface area contributed by atoms with Crippen molar-refractivity contribution in [3.8, 4) is 0 Å². The molecule has 6 heteroatoms. The van der Waals surface area contributed by atoms with Gasteiger partial charge in [-0.15, -0.1) is 0 Å². The molecule has 0 radical (unpaired) electrons. The molecular weight excluding hydrogens is 390 g/mol. The van der Waals surface area contributed by atoms with Crippen molar-refractivity contribution in [2.45, 2.75) is 38.2 Å². The van der Waals surface area contributed by atoms with Gasteiger partial charge in [0.25, 0.3) is 5.91 Å². The van der Waals surface area contributed by atoms with E-state index in [4.69, 9.17) is 14.5 Å². The van der Waals surface area contributed by atoms with Crippen molar-refractivity contribution < 1.29 is 14.3 Å². The van der Waals surface area contributed by atoms with E-state index in [9.17, 15) is 4.79 Å². The van der Waals surface area contributed by atoms with Crippen LogP contribution < -0.4 is 0 Å². The number of hydrogen-bond acceptors (Lipinski definition) is 5. The number of ether oxygens (including phenoxy) is 2. The highest BCUT2D eigenvalue weighted by atomic mass is 16.5. The molecule has 6 nitrogen and oxygen atoms in total. The highest BCUT2D eigenvalue weighted by Crippen LogP contribution is 2.29. The number of hydrogen-bond donors (Lipinski definition) is 0. The lowest BCUT2D eigenvalue weighted by Gasteiger charge is -2.36. The molecule has 1 atom stereocenters. The maximum atomic E-state index is 13.4. The number of carbonyl (C=O) groups is 1. The van der Waals surface area contributed by atoms with Gasteiger partial charge in [0.2, 0.25) is 0 Å². The standard InChI is InChI=1S/C25H33N3O3/c29-25(28-11-13-30-14-12-28)21-16-23(26-22-9-5-4-8-20(21)22)24-18-27(10-15-31-24)17-19-6-2-1-3-7-19/h4-5,8-9,16,19,24H,1-3,6-7,10-15,17-18H2/t24-/m0/s1. The van der Waals surface area contributed by atoms with Crippen LogP contribution in [0.1, 0.15) is 54.3 Å². The van der Waals surface area contributed by atoms with Gasteiger partial charge in [-0.05, 0) is 30.9 Å². The van der Waals surface area contributed by atoms with Crippen molar-refractivity contribution in [2.75, 3.05) is 52.5 Å². The Bertz CT molecular complexity index is 906. The Labute approximate surface area is 184 Å². The Morgan fingerprint density at radius 1 is 1.03 bits per heavy atom. The zero-order valence-electron chi connectivity index (χ0n) is 18.3. The molecule has 2 aliphatic heterocycles. The molecule has 1 amide bonds. The summed E-state index contributed by atoms with van der Waals surface area (Å²) in [5, 5.41) is 0.914. The SMILES string of the molecule is O=C(c1cc([C@@H]2CN(CC3CCCCC3)CCO2)nc2ccccc12)N1CCOCC1. The molecule has 0 unspecified atom stereocenters. The van der Waals surface area contributed by atoms with Crippen molar-refractivity contribution in [1.82, 2.24) is 14.8 Å². The van der Waals surface area contributed by atoms with Gasteiger partial charge in [0.15, 0.2) is 0 Å². The fourth-order valence-electron chi connectivity index (χ4n) is 5.26. The quantitative estimate of drug-likeness (QED) is 0.751. The lowest BCUT2D eigenvalue weighted by atomic mass is 9.89. The lowest BCUT2D eigenvalue weighted by molar-refractivity contribution is -0.0378. The minimum absolute atomic E-state index is 0.0676. The predicted octanol–water partition coefficient (Wildman–Crippen LogP) is 3.66. The minimum atomic E-state index is -0.0850. The van der Waals surface area contributed by atoms with Crippen molar-refractivity contribution >= 4 is 16.8 Å². The average Bonchev–Trinajstić information content (AvgIpc) is 2.84. The summed E-state index contributed by atoms with van der Waals surface area (Å²) in [6.07, 6.45) is 6.76. The van der Waals surface area contributed by atoms with Gasteiger partial charge in [-0.2, -0.15) is 0 Å². The third kappa shape index (κ3) is 4.76. The summed E-state index contributed by atoms with van der Waals surface area (Å²) in [7, 11) is 0. The molecular formula is C25H33N3O3. The molecule has 3 fully saturated rings. The zero-order chi connectivity index (χ0) is 21.0. The summed E-state index contributed by atoms with van der Waals surface area (Å²) >= 11 is 0. The molecule has 0 bridgehead atoms. The monoisotopic (exact) mass is 423 g/mol. The molecule has 5 rings (SSSR count). The number of pyridine rings is 1. The fourth-order valence-corrected chi connectivity index (χ4v) is 5.26. The third-order valence-electron chi connectivity index (χ3n) is 6.99. The maximum absolute atomic E-state index is 13.4. The van der Waals surface area contributed by atoms with Gasteiger partial charge in [0, 0.05) is 38.1 Å². The summed E-state index contributed by atoms with van der Waals surface area (Å²) < 4.78 is 11.6. The van der Waals surface area contributed by atoms with Crippen molar-refractivity contribution in [1.29, 1.82) is 0 Å². The Morgan fingerprint density at radius 3 is 2.68 bits per heavy atom. The fraction of sp³-hybridized carbons (Fsp3) is 0.600. The molecule has 2 saturated heterocycles. The number of aromatic nitrogens is 1. The number of fused-ring (bicyclic) bond motifs is 1. The molecule has 3 aliphatic rings. The van der Waals surface area contributed by atoms with Crippen molar-refractivity contribution in [2.24, 2.45) is 5.92 Å². The lowest BCUT2D eigenvalue weighted by Crippen LogP contribution is -2.42. The van der Waals surface area contributed by atoms with Gasteiger partial charge in [-0.3, -0.25) is 9.69 Å². The molecule has 1 aromatic heterocycles.